The molecule has 1 saturated heterocycles. The number of aliphatic hydroxyl groups excluding tert-OH is 1. The molecule has 5 heteroatoms. The molecule has 0 amide bonds. The van der Waals surface area contributed by atoms with Gasteiger partial charge < -0.3 is 15.3 Å². The second-order valence-corrected chi connectivity index (χ2v) is 5.77. The molecule has 2 N–H and O–H groups in total. The zero-order valence-electron chi connectivity index (χ0n) is 13.3. The lowest BCUT2D eigenvalue weighted by atomic mass is 9.95. The van der Waals surface area contributed by atoms with Gasteiger partial charge in [-0.05, 0) is 38.0 Å². The van der Waals surface area contributed by atoms with Gasteiger partial charge in [0.25, 0.3) is 0 Å². The van der Waals surface area contributed by atoms with Gasteiger partial charge in [-0.2, -0.15) is 0 Å². The average Bonchev–Trinajstić information content (AvgIpc) is 2.53. The Kier molecular flexibility index (Phi) is 6.23. The minimum atomic E-state index is 0.284. The fourth-order valence-electron chi connectivity index (χ4n) is 3.07. The molecule has 1 aromatic rings. The smallest absolute Gasteiger partial charge is 0.137 e. The van der Waals surface area contributed by atoms with Gasteiger partial charge in [-0.25, -0.2) is 9.97 Å². The molecule has 0 aliphatic carbocycles. The molecule has 5 nitrogen and oxygen atoms in total. The van der Waals surface area contributed by atoms with Crippen LogP contribution in [0.3, 0.4) is 0 Å². The highest BCUT2D eigenvalue weighted by Gasteiger charge is 2.23. The maximum absolute atomic E-state index is 9.16. The number of rotatable bonds is 7. The van der Waals surface area contributed by atoms with E-state index in [2.05, 4.69) is 34.0 Å². The highest BCUT2D eigenvalue weighted by Crippen LogP contribution is 2.29. The lowest BCUT2D eigenvalue weighted by Crippen LogP contribution is -2.37. The third kappa shape index (κ3) is 4.06. The number of aromatic nitrogens is 2. The number of hydrogen-bond acceptors (Lipinski definition) is 5. The van der Waals surface area contributed by atoms with E-state index in [1.54, 1.807) is 6.33 Å². The second-order valence-electron chi connectivity index (χ2n) is 5.77. The van der Waals surface area contributed by atoms with E-state index in [-0.39, 0.29) is 6.61 Å². The summed E-state index contributed by atoms with van der Waals surface area (Å²) in [5.74, 6) is 2.64. The van der Waals surface area contributed by atoms with Crippen LogP contribution >= 0.6 is 0 Å². The first-order valence-electron chi connectivity index (χ1n) is 8.23. The van der Waals surface area contributed by atoms with Crippen molar-refractivity contribution in [2.45, 2.75) is 46.0 Å². The van der Waals surface area contributed by atoms with Crippen LogP contribution in [0.2, 0.25) is 0 Å². The topological polar surface area (TPSA) is 61.3 Å². The first kappa shape index (κ1) is 16.0. The quantitative estimate of drug-likeness (QED) is 0.808. The maximum Gasteiger partial charge on any atom is 0.137 e. The third-order valence-electron chi connectivity index (χ3n) is 4.17. The SMILES string of the molecule is CCCNc1ncnc(N2CCCC(CCO)C2)c1CC. The van der Waals surface area contributed by atoms with Crippen LogP contribution < -0.4 is 10.2 Å². The molecule has 1 aliphatic heterocycles. The lowest BCUT2D eigenvalue weighted by molar-refractivity contribution is 0.244. The van der Waals surface area contributed by atoms with Gasteiger partial charge in [0.05, 0.1) is 0 Å². The largest absolute Gasteiger partial charge is 0.396 e. The molecule has 118 valence electrons. The van der Waals surface area contributed by atoms with Crippen molar-refractivity contribution in [3.63, 3.8) is 0 Å². The van der Waals surface area contributed by atoms with E-state index in [0.717, 1.165) is 50.5 Å². The molecule has 0 saturated carbocycles. The lowest BCUT2D eigenvalue weighted by Gasteiger charge is -2.34. The van der Waals surface area contributed by atoms with Crippen molar-refractivity contribution in [3.05, 3.63) is 11.9 Å². The van der Waals surface area contributed by atoms with Crippen LogP contribution in [0.5, 0.6) is 0 Å². The van der Waals surface area contributed by atoms with Crippen molar-refractivity contribution in [1.82, 2.24) is 9.97 Å². The van der Waals surface area contributed by atoms with Gasteiger partial charge in [0.1, 0.15) is 18.0 Å². The second kappa shape index (κ2) is 8.17. The van der Waals surface area contributed by atoms with Crippen molar-refractivity contribution < 1.29 is 5.11 Å². The molecule has 1 aliphatic rings. The maximum atomic E-state index is 9.16. The van der Waals surface area contributed by atoms with Crippen LogP contribution in [0.4, 0.5) is 11.6 Å². The van der Waals surface area contributed by atoms with Crippen LogP contribution in [-0.4, -0.2) is 41.3 Å². The summed E-state index contributed by atoms with van der Waals surface area (Å²) in [6.45, 7) is 7.60. The number of nitrogens with one attached hydrogen (secondary N) is 1. The van der Waals surface area contributed by atoms with E-state index in [4.69, 9.17) is 5.11 Å². The number of aliphatic hydroxyl groups is 1. The zero-order chi connectivity index (χ0) is 15.1. The van der Waals surface area contributed by atoms with Crippen LogP contribution in [0, 0.1) is 5.92 Å². The van der Waals surface area contributed by atoms with E-state index in [0.29, 0.717) is 5.92 Å². The normalized spacial score (nSPS) is 18.8. The first-order chi connectivity index (χ1) is 10.3. The third-order valence-corrected chi connectivity index (χ3v) is 4.17. The highest BCUT2D eigenvalue weighted by atomic mass is 16.3. The van der Waals surface area contributed by atoms with E-state index >= 15 is 0 Å². The van der Waals surface area contributed by atoms with Gasteiger partial charge in [-0.3, -0.25) is 0 Å². The summed E-state index contributed by atoms with van der Waals surface area (Å²) in [5, 5.41) is 12.6. The van der Waals surface area contributed by atoms with Crippen LogP contribution in [-0.2, 0) is 6.42 Å². The molecule has 0 aromatic carbocycles. The Morgan fingerprint density at radius 2 is 2.24 bits per heavy atom. The molecule has 1 fully saturated rings. The standard InChI is InChI=1S/C16H28N4O/c1-3-8-17-15-14(4-2)16(19-12-18-15)20-9-5-6-13(11-20)7-10-21/h12-13,21H,3-11H2,1-2H3,(H,17,18,19). The summed E-state index contributed by atoms with van der Waals surface area (Å²) in [6.07, 6.45) is 6.97. The molecule has 0 bridgehead atoms. The van der Waals surface area contributed by atoms with E-state index in [9.17, 15) is 0 Å². The Hall–Kier alpha value is -1.36. The summed E-state index contributed by atoms with van der Waals surface area (Å²) in [7, 11) is 0. The van der Waals surface area contributed by atoms with Gasteiger partial charge in [-0.1, -0.05) is 13.8 Å². The first-order valence-corrected chi connectivity index (χ1v) is 8.23. The Morgan fingerprint density at radius 3 is 2.95 bits per heavy atom. The number of hydrogen-bond donors (Lipinski definition) is 2. The number of nitrogens with zero attached hydrogens (tertiary/aromatic N) is 3. The molecule has 0 spiro atoms. The Bertz CT molecular complexity index is 436. The molecular formula is C16H28N4O. The summed E-state index contributed by atoms with van der Waals surface area (Å²) >= 11 is 0. The van der Waals surface area contributed by atoms with Crippen LogP contribution in [0.15, 0.2) is 6.33 Å². The van der Waals surface area contributed by atoms with E-state index in [1.165, 1.54) is 18.4 Å². The van der Waals surface area contributed by atoms with Crippen molar-refractivity contribution in [2.75, 3.05) is 36.5 Å². The zero-order valence-corrected chi connectivity index (χ0v) is 13.3. The summed E-state index contributed by atoms with van der Waals surface area (Å²) < 4.78 is 0. The van der Waals surface area contributed by atoms with Crippen molar-refractivity contribution in [2.24, 2.45) is 5.92 Å². The summed E-state index contributed by atoms with van der Waals surface area (Å²) in [6, 6.07) is 0. The minimum Gasteiger partial charge on any atom is -0.396 e. The number of piperidine rings is 1. The molecule has 2 heterocycles. The fourth-order valence-corrected chi connectivity index (χ4v) is 3.07. The molecule has 0 radical (unpaired) electrons. The molecule has 21 heavy (non-hydrogen) atoms. The Balaban J connectivity index is 2.17. The molecule has 2 rings (SSSR count). The van der Waals surface area contributed by atoms with Gasteiger partial charge in [-0.15, -0.1) is 0 Å². The predicted molar refractivity (Wildman–Crippen MR) is 86.8 cm³/mol. The highest BCUT2D eigenvalue weighted by molar-refractivity contribution is 5.59. The van der Waals surface area contributed by atoms with Gasteiger partial charge >= 0.3 is 0 Å². The molecular weight excluding hydrogens is 264 g/mol. The van der Waals surface area contributed by atoms with Gasteiger partial charge in [0.15, 0.2) is 0 Å². The summed E-state index contributed by atoms with van der Waals surface area (Å²) in [4.78, 5) is 11.3. The molecule has 1 unspecified atom stereocenters. The summed E-state index contributed by atoms with van der Waals surface area (Å²) in [5.41, 5.74) is 1.22. The molecule has 1 atom stereocenters. The van der Waals surface area contributed by atoms with Crippen LogP contribution in [0.1, 0.15) is 45.1 Å². The Labute approximate surface area is 127 Å². The van der Waals surface area contributed by atoms with E-state index in [1.807, 2.05) is 0 Å². The van der Waals surface area contributed by atoms with E-state index < -0.39 is 0 Å². The van der Waals surface area contributed by atoms with Crippen molar-refractivity contribution in [3.8, 4) is 0 Å². The monoisotopic (exact) mass is 292 g/mol. The van der Waals surface area contributed by atoms with Crippen LogP contribution in [0.25, 0.3) is 0 Å². The number of anilines is 2. The Morgan fingerprint density at radius 1 is 1.38 bits per heavy atom. The average molecular weight is 292 g/mol. The van der Waals surface area contributed by atoms with Crippen molar-refractivity contribution >= 4 is 11.6 Å². The van der Waals surface area contributed by atoms with Gasteiger partial charge in [0, 0.05) is 31.8 Å². The predicted octanol–water partition coefficient (Wildman–Crippen LogP) is 2.46. The van der Waals surface area contributed by atoms with Gasteiger partial charge in [0.2, 0.25) is 0 Å². The molecule has 1 aromatic heterocycles. The minimum absolute atomic E-state index is 0.284. The fraction of sp³-hybridized carbons (Fsp3) is 0.750. The van der Waals surface area contributed by atoms with Crippen molar-refractivity contribution in [1.29, 1.82) is 0 Å².